The van der Waals surface area contributed by atoms with Gasteiger partial charge in [0.05, 0.1) is 11.6 Å². The lowest BCUT2D eigenvalue weighted by molar-refractivity contribution is 0.624. The third-order valence-electron chi connectivity index (χ3n) is 1.97. The molecule has 2 rings (SSSR count). The van der Waals surface area contributed by atoms with Gasteiger partial charge in [-0.2, -0.15) is 5.26 Å². The molecule has 0 aliphatic carbocycles. The molecule has 16 heavy (non-hydrogen) atoms. The predicted molar refractivity (Wildman–Crippen MR) is 55.2 cm³/mol. The second kappa shape index (κ2) is 4.29. The topological polar surface area (TPSA) is 54.5 Å². The Balaban J connectivity index is 2.21. The first-order valence-electron chi connectivity index (χ1n) is 4.42. The van der Waals surface area contributed by atoms with Gasteiger partial charge in [-0.3, -0.25) is 0 Å². The van der Waals surface area contributed by atoms with Crippen LogP contribution < -0.4 is 0 Å². The molecule has 1 heterocycles. The summed E-state index contributed by atoms with van der Waals surface area (Å²) in [5, 5.41) is 12.5. The van der Waals surface area contributed by atoms with Crippen LogP contribution in [0.25, 0.3) is 0 Å². The van der Waals surface area contributed by atoms with E-state index in [4.69, 9.17) is 16.9 Å². The molecule has 80 valence electrons. The van der Waals surface area contributed by atoms with Gasteiger partial charge < -0.3 is 0 Å². The van der Waals surface area contributed by atoms with E-state index >= 15 is 0 Å². The average molecular weight is 237 g/mol. The Morgan fingerprint density at radius 3 is 2.94 bits per heavy atom. The zero-order valence-electron chi connectivity index (χ0n) is 8.06. The van der Waals surface area contributed by atoms with Crippen LogP contribution in [0, 0.1) is 17.1 Å². The first kappa shape index (κ1) is 10.6. The molecule has 0 amide bonds. The summed E-state index contributed by atoms with van der Waals surface area (Å²) < 4.78 is 14.4. The van der Waals surface area contributed by atoms with Crippen LogP contribution in [0.3, 0.4) is 0 Å². The Hall–Kier alpha value is -1.93. The second-order valence-corrected chi connectivity index (χ2v) is 3.53. The van der Waals surface area contributed by atoms with Gasteiger partial charge in [-0.05, 0) is 17.7 Å². The number of nitrogens with zero attached hydrogens (tertiary/aromatic N) is 4. The lowest BCUT2D eigenvalue weighted by Crippen LogP contribution is -2.00. The Labute approximate surface area is 95.9 Å². The summed E-state index contributed by atoms with van der Waals surface area (Å²) in [6.07, 6.45) is 1.44. The molecule has 0 bridgehead atoms. The highest BCUT2D eigenvalue weighted by Crippen LogP contribution is 2.16. The zero-order chi connectivity index (χ0) is 11.5. The fourth-order valence-electron chi connectivity index (χ4n) is 1.25. The Kier molecular flexibility index (Phi) is 2.84. The third kappa shape index (κ3) is 2.18. The molecule has 0 saturated carbocycles. The fourth-order valence-corrected chi connectivity index (χ4v) is 1.45. The maximum atomic E-state index is 12.9. The quantitative estimate of drug-likeness (QED) is 0.801. The molecular weight excluding hydrogens is 231 g/mol. The Morgan fingerprint density at radius 2 is 2.31 bits per heavy atom. The van der Waals surface area contributed by atoms with Crippen molar-refractivity contribution in [1.29, 1.82) is 5.26 Å². The number of aromatic nitrogens is 3. The summed E-state index contributed by atoms with van der Waals surface area (Å²) in [5.41, 5.74) is 0.792. The standard InChI is InChI=1S/C10H6ClFN4/c11-8-3-7(1-2-9(8)12)5-16-6-14-10(4-13)15-16/h1-3,6H,5H2. The summed E-state index contributed by atoms with van der Waals surface area (Å²) in [6, 6.07) is 6.24. The van der Waals surface area contributed by atoms with Crippen molar-refractivity contribution >= 4 is 11.6 Å². The molecule has 0 spiro atoms. The van der Waals surface area contributed by atoms with E-state index in [-0.39, 0.29) is 10.8 Å². The van der Waals surface area contributed by atoms with Crippen LogP contribution in [-0.4, -0.2) is 14.8 Å². The van der Waals surface area contributed by atoms with Crippen molar-refractivity contribution in [3.63, 3.8) is 0 Å². The second-order valence-electron chi connectivity index (χ2n) is 3.13. The molecular formula is C10H6ClFN4. The highest BCUT2D eigenvalue weighted by atomic mass is 35.5. The first-order chi connectivity index (χ1) is 7.69. The number of nitriles is 1. The maximum absolute atomic E-state index is 12.9. The van der Waals surface area contributed by atoms with E-state index in [1.165, 1.54) is 23.1 Å². The van der Waals surface area contributed by atoms with Crippen molar-refractivity contribution in [2.45, 2.75) is 6.54 Å². The molecule has 6 heteroatoms. The van der Waals surface area contributed by atoms with E-state index in [2.05, 4.69) is 10.1 Å². The van der Waals surface area contributed by atoms with Gasteiger partial charge in [-0.15, -0.1) is 5.10 Å². The zero-order valence-corrected chi connectivity index (χ0v) is 8.82. The normalized spacial score (nSPS) is 10.1. The van der Waals surface area contributed by atoms with E-state index in [0.717, 1.165) is 5.56 Å². The first-order valence-corrected chi connectivity index (χ1v) is 4.80. The van der Waals surface area contributed by atoms with Crippen molar-refractivity contribution in [2.75, 3.05) is 0 Å². The summed E-state index contributed by atoms with van der Waals surface area (Å²) in [4.78, 5) is 3.75. The fraction of sp³-hybridized carbons (Fsp3) is 0.100. The molecule has 2 aromatic rings. The van der Waals surface area contributed by atoms with Crippen molar-refractivity contribution in [2.24, 2.45) is 0 Å². The van der Waals surface area contributed by atoms with Gasteiger partial charge in [0, 0.05) is 0 Å². The van der Waals surface area contributed by atoms with Crippen molar-refractivity contribution in [1.82, 2.24) is 14.8 Å². The minimum Gasteiger partial charge on any atom is -0.247 e. The van der Waals surface area contributed by atoms with Crippen LogP contribution in [0.2, 0.25) is 5.02 Å². The molecule has 0 atom stereocenters. The molecule has 0 aliphatic heterocycles. The number of halogens is 2. The lowest BCUT2D eigenvalue weighted by Gasteiger charge is -2.01. The Morgan fingerprint density at radius 1 is 1.50 bits per heavy atom. The van der Waals surface area contributed by atoms with Gasteiger partial charge in [0.1, 0.15) is 18.2 Å². The molecule has 0 N–H and O–H groups in total. The summed E-state index contributed by atoms with van der Waals surface area (Å²) in [7, 11) is 0. The van der Waals surface area contributed by atoms with Gasteiger partial charge in [-0.25, -0.2) is 14.1 Å². The van der Waals surface area contributed by atoms with E-state index < -0.39 is 5.82 Å². The molecule has 0 aliphatic rings. The highest BCUT2D eigenvalue weighted by Gasteiger charge is 2.03. The van der Waals surface area contributed by atoms with Gasteiger partial charge in [0.15, 0.2) is 0 Å². The number of hydrogen-bond acceptors (Lipinski definition) is 3. The molecule has 4 nitrogen and oxygen atoms in total. The third-order valence-corrected chi connectivity index (χ3v) is 2.25. The summed E-state index contributed by atoms with van der Waals surface area (Å²) in [6.45, 7) is 0.397. The molecule has 1 aromatic carbocycles. The molecule has 0 unspecified atom stereocenters. The van der Waals surface area contributed by atoms with E-state index in [1.807, 2.05) is 6.07 Å². The van der Waals surface area contributed by atoms with Crippen LogP contribution >= 0.6 is 11.6 Å². The average Bonchev–Trinajstić information content (AvgIpc) is 2.71. The largest absolute Gasteiger partial charge is 0.252 e. The van der Waals surface area contributed by atoms with Gasteiger partial charge in [0.2, 0.25) is 0 Å². The Bertz CT molecular complexity index is 558. The lowest BCUT2D eigenvalue weighted by atomic mass is 10.2. The number of rotatable bonds is 2. The SMILES string of the molecule is N#Cc1ncn(Cc2ccc(F)c(Cl)c2)n1. The number of benzene rings is 1. The van der Waals surface area contributed by atoms with Crippen molar-refractivity contribution in [3.8, 4) is 6.07 Å². The molecule has 0 saturated heterocycles. The minimum atomic E-state index is -0.457. The summed E-state index contributed by atoms with van der Waals surface area (Å²) in [5.74, 6) is -0.352. The van der Waals surface area contributed by atoms with Crippen LogP contribution in [0.4, 0.5) is 4.39 Å². The van der Waals surface area contributed by atoms with Crippen LogP contribution in [0.1, 0.15) is 11.4 Å². The maximum Gasteiger partial charge on any atom is 0.252 e. The van der Waals surface area contributed by atoms with Gasteiger partial charge >= 0.3 is 0 Å². The number of hydrogen-bond donors (Lipinski definition) is 0. The van der Waals surface area contributed by atoms with Gasteiger partial charge in [0.25, 0.3) is 5.82 Å². The molecule has 0 radical (unpaired) electrons. The molecule has 1 aromatic heterocycles. The van der Waals surface area contributed by atoms with Gasteiger partial charge in [-0.1, -0.05) is 17.7 Å². The van der Waals surface area contributed by atoms with Crippen molar-refractivity contribution in [3.05, 3.63) is 46.8 Å². The van der Waals surface area contributed by atoms with Crippen LogP contribution in [0.15, 0.2) is 24.5 Å². The molecule has 0 fully saturated rings. The summed E-state index contributed by atoms with van der Waals surface area (Å²) >= 11 is 5.64. The minimum absolute atomic E-state index is 0.0677. The smallest absolute Gasteiger partial charge is 0.247 e. The van der Waals surface area contributed by atoms with E-state index in [0.29, 0.717) is 6.54 Å². The monoisotopic (exact) mass is 236 g/mol. The predicted octanol–water partition coefficient (Wildman–Crippen LogP) is 1.99. The van der Waals surface area contributed by atoms with Crippen molar-refractivity contribution < 1.29 is 4.39 Å². The van der Waals surface area contributed by atoms with Crippen LogP contribution in [-0.2, 0) is 6.54 Å². The van der Waals surface area contributed by atoms with E-state index in [9.17, 15) is 4.39 Å². The highest BCUT2D eigenvalue weighted by molar-refractivity contribution is 6.30. The van der Waals surface area contributed by atoms with Crippen LogP contribution in [0.5, 0.6) is 0 Å². The van der Waals surface area contributed by atoms with E-state index in [1.54, 1.807) is 6.07 Å².